The van der Waals surface area contributed by atoms with Crippen LogP contribution in [0.25, 0.3) is 77.6 Å². The topological polar surface area (TPSA) is 35.6 Å². The van der Waals surface area contributed by atoms with Crippen LogP contribution in [0, 0.1) is 0 Å². The van der Waals surface area contributed by atoms with Crippen LogP contribution >= 0.6 is 0 Å². The van der Waals surface area contributed by atoms with Crippen molar-refractivity contribution in [1.29, 1.82) is 0 Å². The fourth-order valence-corrected chi connectivity index (χ4v) is 7.69. The van der Waals surface area contributed by atoms with E-state index in [4.69, 9.17) is 9.97 Å². The minimum Gasteiger partial charge on any atom is -0.309 e. The molecular formula is C47H32N4. The first-order chi connectivity index (χ1) is 25.3. The lowest BCUT2D eigenvalue weighted by Gasteiger charge is -2.18. The second-order valence-electron chi connectivity index (χ2n) is 13.0. The number of rotatable bonds is 6. The zero-order valence-corrected chi connectivity index (χ0v) is 27.8. The van der Waals surface area contributed by atoms with Crippen LogP contribution in [0.3, 0.4) is 0 Å². The van der Waals surface area contributed by atoms with Crippen molar-refractivity contribution in [3.8, 4) is 34.0 Å². The second kappa shape index (κ2) is 12.0. The maximum Gasteiger partial charge on any atom is 0.160 e. The molecule has 0 unspecified atom stereocenters. The van der Waals surface area contributed by atoms with Gasteiger partial charge in [-0.2, -0.15) is 0 Å². The molecule has 0 aliphatic heterocycles. The molecule has 0 amide bonds. The van der Waals surface area contributed by atoms with E-state index in [1.54, 1.807) is 0 Å². The van der Waals surface area contributed by atoms with Gasteiger partial charge in [-0.1, -0.05) is 140 Å². The van der Waals surface area contributed by atoms with Gasteiger partial charge < -0.3 is 9.13 Å². The molecule has 7 aromatic carbocycles. The fourth-order valence-electron chi connectivity index (χ4n) is 7.69. The van der Waals surface area contributed by atoms with E-state index in [2.05, 4.69) is 167 Å². The van der Waals surface area contributed by atoms with Crippen molar-refractivity contribution in [2.75, 3.05) is 0 Å². The molecule has 0 fully saturated rings. The van der Waals surface area contributed by atoms with Gasteiger partial charge in [0.05, 0.1) is 33.4 Å². The minimum absolute atomic E-state index is 0.631. The van der Waals surface area contributed by atoms with Crippen molar-refractivity contribution in [3.05, 3.63) is 193 Å². The maximum atomic E-state index is 5.20. The Morgan fingerprint density at radius 3 is 1.41 bits per heavy atom. The highest BCUT2D eigenvalue weighted by Crippen LogP contribution is 2.37. The van der Waals surface area contributed by atoms with E-state index in [-0.39, 0.29) is 0 Å². The Labute approximate surface area is 295 Å². The van der Waals surface area contributed by atoms with E-state index in [9.17, 15) is 0 Å². The number of nitrogens with zero attached hydrogens (tertiary/aromatic N) is 4. The molecule has 240 valence electrons. The largest absolute Gasteiger partial charge is 0.309 e. The summed E-state index contributed by atoms with van der Waals surface area (Å²) < 4.78 is 4.84. The number of fused-ring (bicyclic) bond motifs is 6. The van der Waals surface area contributed by atoms with Crippen LogP contribution in [0.4, 0.5) is 0 Å². The van der Waals surface area contributed by atoms with Gasteiger partial charge in [-0.15, -0.1) is 0 Å². The number of hydrogen-bond donors (Lipinski definition) is 0. The molecule has 10 aromatic rings. The average Bonchev–Trinajstić information content (AvgIpc) is 3.72. The van der Waals surface area contributed by atoms with Crippen LogP contribution in [0.1, 0.15) is 11.3 Å². The Bertz CT molecular complexity index is 2720. The summed E-state index contributed by atoms with van der Waals surface area (Å²) in [6, 6.07) is 64.6. The molecule has 0 atom stereocenters. The normalized spacial score (nSPS) is 11.6. The van der Waals surface area contributed by atoms with Gasteiger partial charge in [-0.05, 0) is 48.0 Å². The number of benzene rings is 7. The third-order valence-corrected chi connectivity index (χ3v) is 9.98. The van der Waals surface area contributed by atoms with Gasteiger partial charge in [0.2, 0.25) is 0 Å². The van der Waals surface area contributed by atoms with Gasteiger partial charge in [0.25, 0.3) is 0 Å². The molecule has 0 N–H and O–H groups in total. The lowest BCUT2D eigenvalue weighted by Crippen LogP contribution is -2.05. The smallest absolute Gasteiger partial charge is 0.160 e. The molecule has 0 aliphatic rings. The third kappa shape index (κ3) is 4.92. The molecule has 10 rings (SSSR count). The Morgan fingerprint density at radius 2 is 0.863 bits per heavy atom. The van der Waals surface area contributed by atoms with E-state index in [0.717, 1.165) is 39.7 Å². The highest BCUT2D eigenvalue weighted by atomic mass is 15.0. The monoisotopic (exact) mass is 652 g/mol. The summed E-state index contributed by atoms with van der Waals surface area (Å²) in [6.45, 7) is 0. The van der Waals surface area contributed by atoms with Crippen LogP contribution in [0.2, 0.25) is 0 Å². The Morgan fingerprint density at radius 1 is 0.392 bits per heavy atom. The van der Waals surface area contributed by atoms with Crippen molar-refractivity contribution in [2.24, 2.45) is 0 Å². The van der Waals surface area contributed by atoms with Crippen molar-refractivity contribution < 1.29 is 0 Å². The highest BCUT2D eigenvalue weighted by molar-refractivity contribution is 6.10. The Kier molecular flexibility index (Phi) is 6.85. The lowest BCUT2D eigenvalue weighted by molar-refractivity contribution is 1.01. The second-order valence-corrected chi connectivity index (χ2v) is 13.0. The van der Waals surface area contributed by atoms with Crippen LogP contribution < -0.4 is 0 Å². The Balaban J connectivity index is 1.23. The molecule has 0 saturated carbocycles. The van der Waals surface area contributed by atoms with Crippen molar-refractivity contribution >= 4 is 43.6 Å². The van der Waals surface area contributed by atoms with Gasteiger partial charge >= 0.3 is 0 Å². The summed E-state index contributed by atoms with van der Waals surface area (Å²) in [5.74, 6) is 0.729. The average molecular weight is 653 g/mol. The van der Waals surface area contributed by atoms with Crippen LogP contribution in [-0.2, 0) is 6.42 Å². The molecular weight excluding hydrogens is 621 g/mol. The molecule has 0 spiro atoms. The highest BCUT2D eigenvalue weighted by Gasteiger charge is 2.19. The third-order valence-electron chi connectivity index (χ3n) is 9.98. The summed E-state index contributed by atoms with van der Waals surface area (Å²) >= 11 is 0. The molecule has 0 saturated heterocycles. The fraction of sp³-hybridized carbons (Fsp3) is 0.0213. The molecule has 51 heavy (non-hydrogen) atoms. The van der Waals surface area contributed by atoms with Gasteiger partial charge in [-0.25, -0.2) is 9.97 Å². The number of hydrogen-bond acceptors (Lipinski definition) is 2. The number of para-hydroxylation sites is 4. The van der Waals surface area contributed by atoms with E-state index < -0.39 is 0 Å². The van der Waals surface area contributed by atoms with E-state index in [0.29, 0.717) is 6.42 Å². The first-order valence-corrected chi connectivity index (χ1v) is 17.4. The van der Waals surface area contributed by atoms with E-state index >= 15 is 0 Å². The first-order valence-electron chi connectivity index (χ1n) is 17.4. The molecule has 0 radical (unpaired) electrons. The molecule has 3 aromatic heterocycles. The lowest BCUT2D eigenvalue weighted by atomic mass is 10.0. The summed E-state index contributed by atoms with van der Waals surface area (Å²) in [7, 11) is 0. The SMILES string of the molecule is c1ccc(-c2cc(Cc3ccc(-n4c5ccccc5c5ccccc54)cc3-n3c4ccccc4c4ccccc43)nc(-c3ccccc3)n2)cc1. The van der Waals surface area contributed by atoms with E-state index in [1.807, 2.05) is 24.3 Å². The molecule has 3 heterocycles. The standard InChI is InChI=1S/C47H32N4/c1-3-15-32(16-4-1)41-30-35(48-47(49-41)33-17-5-2-6-18-33)29-34-27-28-36(50-42-23-11-7-19-37(42)38-20-8-12-24-43(38)50)31-46(34)51-44-25-13-9-21-39(44)40-22-10-14-26-45(40)51/h1-28,30-31H,29H2. The summed E-state index contributed by atoms with van der Waals surface area (Å²) in [5, 5.41) is 4.97. The molecule has 0 bridgehead atoms. The van der Waals surface area contributed by atoms with E-state index in [1.165, 1.54) is 49.2 Å². The van der Waals surface area contributed by atoms with Crippen molar-refractivity contribution in [2.45, 2.75) is 6.42 Å². The van der Waals surface area contributed by atoms with Gasteiger partial charge in [0, 0.05) is 50.5 Å². The summed E-state index contributed by atoms with van der Waals surface area (Å²) in [4.78, 5) is 10.3. The van der Waals surface area contributed by atoms with Gasteiger partial charge in [0.1, 0.15) is 0 Å². The van der Waals surface area contributed by atoms with Crippen LogP contribution in [0.15, 0.2) is 182 Å². The van der Waals surface area contributed by atoms with Crippen molar-refractivity contribution in [3.63, 3.8) is 0 Å². The maximum absolute atomic E-state index is 5.20. The van der Waals surface area contributed by atoms with Crippen LogP contribution in [-0.4, -0.2) is 19.1 Å². The van der Waals surface area contributed by atoms with Crippen LogP contribution in [0.5, 0.6) is 0 Å². The van der Waals surface area contributed by atoms with Gasteiger partial charge in [-0.3, -0.25) is 0 Å². The quantitative estimate of drug-likeness (QED) is 0.179. The van der Waals surface area contributed by atoms with Crippen molar-refractivity contribution in [1.82, 2.24) is 19.1 Å². The predicted octanol–water partition coefficient (Wildman–Crippen LogP) is 11.6. The summed E-state index contributed by atoms with van der Waals surface area (Å²) in [6.07, 6.45) is 0.631. The molecule has 4 nitrogen and oxygen atoms in total. The zero-order chi connectivity index (χ0) is 33.7. The van der Waals surface area contributed by atoms with Gasteiger partial charge in [0.15, 0.2) is 5.82 Å². The predicted molar refractivity (Wildman–Crippen MR) is 211 cm³/mol. The molecule has 4 heteroatoms. The Hall–Kier alpha value is -6.78. The zero-order valence-electron chi connectivity index (χ0n) is 27.8. The minimum atomic E-state index is 0.631. The molecule has 0 aliphatic carbocycles. The summed E-state index contributed by atoms with van der Waals surface area (Å²) in [5.41, 5.74) is 12.1. The first kappa shape index (κ1) is 29.2. The number of aromatic nitrogens is 4.